The topological polar surface area (TPSA) is 0 Å². The number of rotatable bonds is 1. The first-order valence-corrected chi connectivity index (χ1v) is 19.2. The standard InChI is InChI=1S/C17H24P.C13H9.2ClH.Zr/c1-16(2,3)18(17(4,5)6)15-11-13-9-7-8-10-14(13)12-15;1-3-7-12-10(5-1)9-11-6-2-4-8-13(11)12;;;/h7-12H,1-6H3;1-5,7-8H,9H2;2*1H;/q2*-1;;;+4/p-2. The molecule has 0 radical (unpaired) electrons. The summed E-state index contributed by atoms with van der Waals surface area (Å²) >= 11 is -0.826. The van der Waals surface area contributed by atoms with Gasteiger partial charge in [-0.25, -0.2) is 0 Å². The van der Waals surface area contributed by atoms with E-state index in [1.807, 2.05) is 6.07 Å². The van der Waals surface area contributed by atoms with Crippen molar-refractivity contribution in [3.63, 3.8) is 0 Å². The molecule has 0 nitrogen and oxygen atoms in total. The van der Waals surface area contributed by atoms with Crippen molar-refractivity contribution in [2.24, 2.45) is 0 Å². The molecular weight excluding hydrogens is 553 g/mol. The van der Waals surface area contributed by atoms with Crippen molar-refractivity contribution in [1.29, 1.82) is 0 Å². The molecule has 1 aliphatic rings. The molecule has 0 spiro atoms. The number of benzene rings is 3. The van der Waals surface area contributed by atoms with Crippen LogP contribution in [0.2, 0.25) is 0 Å². The molecule has 4 aromatic carbocycles. The van der Waals surface area contributed by atoms with E-state index in [2.05, 4.69) is 120 Å². The number of halogens is 2. The fourth-order valence-electron chi connectivity index (χ4n) is 5.04. The van der Waals surface area contributed by atoms with Crippen LogP contribution in [0.1, 0.15) is 52.7 Å². The normalized spacial score (nSPS) is 12.1. The van der Waals surface area contributed by atoms with Gasteiger partial charge in [-0.3, -0.25) is 0 Å². The minimum Gasteiger partial charge on any atom is -0.179 e. The van der Waals surface area contributed by atoms with Crippen LogP contribution in [0.15, 0.2) is 78.9 Å². The molecular formula is C30H33Cl2PZr. The second-order valence-electron chi connectivity index (χ2n) is 10.5. The van der Waals surface area contributed by atoms with Gasteiger partial charge in [-0.15, -0.1) is 45.9 Å². The van der Waals surface area contributed by atoms with E-state index in [1.165, 1.54) is 33.0 Å². The first-order chi connectivity index (χ1) is 16.1. The maximum absolute atomic E-state index is 4.93. The Hall–Kier alpha value is -0.837. The first-order valence-electron chi connectivity index (χ1n) is 11.6. The number of hydrogen-bond donors (Lipinski definition) is 0. The molecule has 0 N–H and O–H groups in total. The minimum atomic E-state index is -0.826. The van der Waals surface area contributed by atoms with E-state index in [0.29, 0.717) is 10.3 Å². The summed E-state index contributed by atoms with van der Waals surface area (Å²) in [5.41, 5.74) is 5.51. The Bertz CT molecular complexity index is 1120. The van der Waals surface area contributed by atoms with E-state index in [1.54, 1.807) is 5.30 Å². The predicted molar refractivity (Wildman–Crippen MR) is 151 cm³/mol. The molecule has 0 unspecified atom stereocenters. The summed E-state index contributed by atoms with van der Waals surface area (Å²) in [7, 11) is 9.68. The van der Waals surface area contributed by atoms with E-state index in [0.717, 1.165) is 6.42 Å². The van der Waals surface area contributed by atoms with Crippen LogP contribution in [0.3, 0.4) is 0 Å². The molecule has 176 valence electrons. The molecule has 0 bridgehead atoms. The zero-order valence-electron chi connectivity index (χ0n) is 20.9. The molecule has 0 aromatic heterocycles. The maximum Gasteiger partial charge on any atom is -0.0253 e. The predicted octanol–water partition coefficient (Wildman–Crippen LogP) is 9.70. The van der Waals surface area contributed by atoms with Gasteiger partial charge in [0.05, 0.1) is 0 Å². The largest absolute Gasteiger partial charge is 0.179 e. The molecule has 0 aliphatic heterocycles. The average molecular weight is 587 g/mol. The molecule has 0 fully saturated rings. The van der Waals surface area contributed by atoms with E-state index < -0.39 is 20.8 Å². The van der Waals surface area contributed by atoms with Gasteiger partial charge in [0, 0.05) is 0 Å². The van der Waals surface area contributed by atoms with Gasteiger partial charge in [0.25, 0.3) is 0 Å². The summed E-state index contributed by atoms with van der Waals surface area (Å²) in [6.07, 6.45) is 1.05. The molecule has 1 aliphatic carbocycles. The average Bonchev–Trinajstić information content (AvgIpc) is 3.33. The van der Waals surface area contributed by atoms with Crippen molar-refractivity contribution >= 4 is 41.0 Å². The SMILES string of the molecule is CC(C)(C)P(c1cc2ccccc2[cH-]1)C(C)(C)C.[Cl][Zr+2][Cl].[c-]1cccc2c1Cc1ccccc1-2. The van der Waals surface area contributed by atoms with Crippen molar-refractivity contribution in [1.82, 2.24) is 0 Å². The Morgan fingerprint density at radius 3 is 2.06 bits per heavy atom. The van der Waals surface area contributed by atoms with Crippen molar-refractivity contribution in [2.45, 2.75) is 58.3 Å². The van der Waals surface area contributed by atoms with E-state index in [9.17, 15) is 0 Å². The van der Waals surface area contributed by atoms with Crippen LogP contribution in [0.25, 0.3) is 21.9 Å². The zero-order chi connectivity index (χ0) is 24.9. The van der Waals surface area contributed by atoms with Gasteiger partial charge in [-0.05, 0) is 16.7 Å². The molecule has 0 saturated heterocycles. The summed E-state index contributed by atoms with van der Waals surface area (Å²) < 4.78 is 0. The van der Waals surface area contributed by atoms with E-state index in [-0.39, 0.29) is 7.92 Å². The van der Waals surface area contributed by atoms with Crippen molar-refractivity contribution in [2.75, 3.05) is 0 Å². The Labute approximate surface area is 225 Å². The van der Waals surface area contributed by atoms with Gasteiger partial charge in [0.15, 0.2) is 0 Å². The van der Waals surface area contributed by atoms with Gasteiger partial charge >= 0.3 is 37.9 Å². The van der Waals surface area contributed by atoms with Crippen LogP contribution in [0, 0.1) is 6.07 Å². The monoisotopic (exact) mass is 584 g/mol. The summed E-state index contributed by atoms with van der Waals surface area (Å²) in [4.78, 5) is 0. The van der Waals surface area contributed by atoms with Crippen molar-refractivity contribution < 1.29 is 20.8 Å². The van der Waals surface area contributed by atoms with E-state index in [4.69, 9.17) is 17.0 Å². The van der Waals surface area contributed by atoms with Gasteiger partial charge in [-0.2, -0.15) is 35.9 Å². The van der Waals surface area contributed by atoms with Crippen LogP contribution in [-0.4, -0.2) is 10.3 Å². The molecule has 34 heavy (non-hydrogen) atoms. The first kappa shape index (κ1) is 27.7. The summed E-state index contributed by atoms with van der Waals surface area (Å²) in [6, 6.07) is 31.6. The Morgan fingerprint density at radius 1 is 0.824 bits per heavy atom. The second-order valence-corrected chi connectivity index (χ2v) is 18.1. The molecule has 4 aromatic rings. The van der Waals surface area contributed by atoms with Crippen LogP contribution in [0.5, 0.6) is 0 Å². The Morgan fingerprint density at radius 2 is 1.41 bits per heavy atom. The third-order valence-corrected chi connectivity index (χ3v) is 9.28. The third kappa shape index (κ3) is 6.89. The van der Waals surface area contributed by atoms with Gasteiger partial charge in [-0.1, -0.05) is 90.9 Å². The molecule has 0 heterocycles. The zero-order valence-corrected chi connectivity index (χ0v) is 25.8. The maximum atomic E-state index is 4.93. The van der Waals surface area contributed by atoms with E-state index >= 15 is 0 Å². The molecule has 0 saturated carbocycles. The van der Waals surface area contributed by atoms with Gasteiger partial charge < -0.3 is 0 Å². The second kappa shape index (κ2) is 11.9. The number of fused-ring (bicyclic) bond motifs is 4. The van der Waals surface area contributed by atoms with Crippen LogP contribution >= 0.6 is 24.9 Å². The summed E-state index contributed by atoms with van der Waals surface area (Å²) in [5, 5.41) is 5.00. The van der Waals surface area contributed by atoms with Crippen LogP contribution < -0.4 is 5.30 Å². The molecule has 4 heteroatoms. The molecule has 0 amide bonds. The van der Waals surface area contributed by atoms with Crippen molar-refractivity contribution in [3.05, 3.63) is 96.1 Å². The minimum absolute atomic E-state index is 0.185. The summed E-state index contributed by atoms with van der Waals surface area (Å²) in [6.45, 7) is 14.3. The van der Waals surface area contributed by atoms with Crippen molar-refractivity contribution in [3.8, 4) is 11.1 Å². The fraction of sp³-hybridized carbons (Fsp3) is 0.300. The number of hydrogen-bond acceptors (Lipinski definition) is 0. The summed E-state index contributed by atoms with van der Waals surface area (Å²) in [5.74, 6) is 0. The van der Waals surface area contributed by atoms with Crippen LogP contribution in [0.4, 0.5) is 0 Å². The fourth-order valence-corrected chi connectivity index (χ4v) is 9.14. The Kier molecular flexibility index (Phi) is 9.74. The Balaban J connectivity index is 0.000000177. The quantitative estimate of drug-likeness (QED) is 0.136. The smallest absolute Gasteiger partial charge is 0.0253 e. The van der Waals surface area contributed by atoms with Gasteiger partial charge in [0.2, 0.25) is 0 Å². The molecule has 0 atom stereocenters. The molecule has 5 rings (SSSR count). The third-order valence-electron chi connectivity index (χ3n) is 5.82. The van der Waals surface area contributed by atoms with Gasteiger partial charge in [0.1, 0.15) is 0 Å². The van der Waals surface area contributed by atoms with Crippen LogP contribution in [-0.2, 0) is 27.3 Å².